The maximum atomic E-state index is 6.02. The maximum Gasteiger partial charge on any atom is 0.0699 e. The highest BCUT2D eigenvalue weighted by atomic mass is 16.5. The average Bonchev–Trinajstić information content (AvgIpc) is 2.52. The van der Waals surface area contributed by atoms with Gasteiger partial charge in [-0.3, -0.25) is 0 Å². The lowest BCUT2D eigenvalue weighted by Gasteiger charge is -2.58. The van der Waals surface area contributed by atoms with Gasteiger partial charge in [-0.1, -0.05) is 19.3 Å². The Morgan fingerprint density at radius 3 is 2.70 bits per heavy atom. The van der Waals surface area contributed by atoms with Crippen LogP contribution >= 0.6 is 0 Å². The molecule has 1 aliphatic heterocycles. The Morgan fingerprint density at radius 2 is 2.00 bits per heavy atom. The fraction of sp³-hybridized carbons (Fsp3) is 1.00. The molecule has 3 unspecified atom stereocenters. The van der Waals surface area contributed by atoms with E-state index >= 15 is 0 Å². The number of hydrogen-bond acceptors (Lipinski definition) is 3. The van der Waals surface area contributed by atoms with Crippen molar-refractivity contribution < 1.29 is 9.47 Å². The summed E-state index contributed by atoms with van der Waals surface area (Å²) in [5.41, 5.74) is 0.447. The SMILES string of the molecule is CCOC1CC(NCC2CCCCO2)C12CCCCC2. The minimum absolute atomic E-state index is 0.447. The largest absolute Gasteiger partial charge is 0.378 e. The van der Waals surface area contributed by atoms with E-state index in [2.05, 4.69) is 12.2 Å². The van der Waals surface area contributed by atoms with Crippen LogP contribution in [0.25, 0.3) is 0 Å². The van der Waals surface area contributed by atoms with E-state index in [1.54, 1.807) is 0 Å². The lowest BCUT2D eigenvalue weighted by Crippen LogP contribution is -2.65. The summed E-state index contributed by atoms with van der Waals surface area (Å²) in [7, 11) is 0. The highest BCUT2D eigenvalue weighted by Gasteiger charge is 2.55. The van der Waals surface area contributed by atoms with Crippen molar-refractivity contribution in [3.05, 3.63) is 0 Å². The fourth-order valence-electron chi connectivity index (χ4n) is 4.59. The van der Waals surface area contributed by atoms with Crippen LogP contribution in [0, 0.1) is 5.41 Å². The molecule has 3 heteroatoms. The first kappa shape index (κ1) is 14.8. The zero-order valence-corrected chi connectivity index (χ0v) is 13.0. The van der Waals surface area contributed by atoms with Gasteiger partial charge in [0.1, 0.15) is 0 Å². The molecule has 1 heterocycles. The molecule has 1 spiro atoms. The van der Waals surface area contributed by atoms with Crippen LogP contribution in [-0.4, -0.2) is 38.0 Å². The van der Waals surface area contributed by atoms with E-state index < -0.39 is 0 Å². The molecule has 3 rings (SSSR count). The average molecular weight is 281 g/mol. The Labute approximate surface area is 123 Å². The van der Waals surface area contributed by atoms with Crippen LogP contribution in [0.1, 0.15) is 64.7 Å². The molecule has 3 aliphatic rings. The van der Waals surface area contributed by atoms with Gasteiger partial charge in [0.25, 0.3) is 0 Å². The zero-order valence-electron chi connectivity index (χ0n) is 13.0. The normalized spacial score (nSPS) is 36.8. The number of ether oxygens (including phenoxy) is 2. The Morgan fingerprint density at radius 1 is 1.15 bits per heavy atom. The van der Waals surface area contributed by atoms with Gasteiger partial charge in [0.05, 0.1) is 12.2 Å². The van der Waals surface area contributed by atoms with Gasteiger partial charge in [0.15, 0.2) is 0 Å². The Bertz CT molecular complexity index is 295. The molecule has 2 aliphatic carbocycles. The predicted molar refractivity (Wildman–Crippen MR) is 80.9 cm³/mol. The monoisotopic (exact) mass is 281 g/mol. The number of hydrogen-bond donors (Lipinski definition) is 1. The van der Waals surface area contributed by atoms with Gasteiger partial charge >= 0.3 is 0 Å². The van der Waals surface area contributed by atoms with E-state index in [-0.39, 0.29) is 0 Å². The highest BCUT2D eigenvalue weighted by Crippen LogP contribution is 2.53. The standard InChI is InChI=1S/C17H31NO2/c1-2-19-16-12-15(17(16)9-5-3-6-10-17)18-13-14-8-4-7-11-20-14/h14-16,18H,2-13H2,1H3. The summed E-state index contributed by atoms with van der Waals surface area (Å²) < 4.78 is 11.9. The molecule has 0 aromatic carbocycles. The van der Waals surface area contributed by atoms with E-state index in [0.717, 1.165) is 19.8 Å². The Balaban J connectivity index is 1.52. The zero-order chi connectivity index (χ0) is 13.8. The van der Waals surface area contributed by atoms with Gasteiger partial charge < -0.3 is 14.8 Å². The predicted octanol–water partition coefficient (Wildman–Crippen LogP) is 3.27. The number of nitrogens with one attached hydrogen (secondary N) is 1. The molecule has 3 atom stereocenters. The lowest BCUT2D eigenvalue weighted by atomic mass is 9.55. The highest BCUT2D eigenvalue weighted by molar-refractivity contribution is 5.09. The summed E-state index contributed by atoms with van der Waals surface area (Å²) in [4.78, 5) is 0. The van der Waals surface area contributed by atoms with Crippen LogP contribution in [0.3, 0.4) is 0 Å². The summed E-state index contributed by atoms with van der Waals surface area (Å²) in [5.74, 6) is 0. The second kappa shape index (κ2) is 6.76. The van der Waals surface area contributed by atoms with Crippen LogP contribution < -0.4 is 5.32 Å². The van der Waals surface area contributed by atoms with E-state index in [0.29, 0.717) is 23.7 Å². The van der Waals surface area contributed by atoms with Gasteiger partial charge in [-0.05, 0) is 45.4 Å². The van der Waals surface area contributed by atoms with Crippen LogP contribution in [0.4, 0.5) is 0 Å². The van der Waals surface area contributed by atoms with Crippen LogP contribution in [0.2, 0.25) is 0 Å². The smallest absolute Gasteiger partial charge is 0.0699 e. The lowest BCUT2D eigenvalue weighted by molar-refractivity contribution is -0.152. The molecule has 1 saturated heterocycles. The molecular weight excluding hydrogens is 250 g/mol. The third-order valence-corrected chi connectivity index (χ3v) is 5.80. The molecule has 2 saturated carbocycles. The molecular formula is C17H31NO2. The third kappa shape index (κ3) is 2.90. The first-order valence-electron chi connectivity index (χ1n) is 8.82. The second-order valence-electron chi connectivity index (χ2n) is 6.92. The summed E-state index contributed by atoms with van der Waals surface area (Å²) >= 11 is 0. The van der Waals surface area contributed by atoms with Crippen molar-refractivity contribution in [1.29, 1.82) is 0 Å². The van der Waals surface area contributed by atoms with Crippen LogP contribution in [0.5, 0.6) is 0 Å². The molecule has 0 amide bonds. The number of rotatable bonds is 5. The molecule has 3 nitrogen and oxygen atoms in total. The summed E-state index contributed by atoms with van der Waals surface area (Å²) in [6.45, 7) is 5.01. The Kier molecular flexibility index (Phi) is 5.00. The quantitative estimate of drug-likeness (QED) is 0.839. The van der Waals surface area contributed by atoms with Gasteiger partial charge in [-0.2, -0.15) is 0 Å². The summed E-state index contributed by atoms with van der Waals surface area (Å²) in [6, 6.07) is 0.671. The molecule has 116 valence electrons. The summed E-state index contributed by atoms with van der Waals surface area (Å²) in [6.07, 6.45) is 12.9. The third-order valence-electron chi connectivity index (χ3n) is 5.80. The van der Waals surface area contributed by atoms with Gasteiger partial charge in [0, 0.05) is 31.2 Å². The molecule has 0 bridgehead atoms. The van der Waals surface area contributed by atoms with Gasteiger partial charge in [-0.25, -0.2) is 0 Å². The van der Waals surface area contributed by atoms with Crippen molar-refractivity contribution in [3.8, 4) is 0 Å². The second-order valence-corrected chi connectivity index (χ2v) is 6.92. The summed E-state index contributed by atoms with van der Waals surface area (Å²) in [5, 5.41) is 3.83. The maximum absolute atomic E-state index is 6.02. The van der Waals surface area contributed by atoms with E-state index in [4.69, 9.17) is 9.47 Å². The minimum Gasteiger partial charge on any atom is -0.378 e. The molecule has 0 aromatic rings. The van der Waals surface area contributed by atoms with Crippen molar-refractivity contribution in [2.24, 2.45) is 5.41 Å². The van der Waals surface area contributed by atoms with Gasteiger partial charge in [0.2, 0.25) is 0 Å². The molecule has 3 fully saturated rings. The minimum atomic E-state index is 0.447. The molecule has 0 aromatic heterocycles. The van der Waals surface area contributed by atoms with Crippen molar-refractivity contribution in [1.82, 2.24) is 5.32 Å². The molecule has 20 heavy (non-hydrogen) atoms. The van der Waals surface area contributed by atoms with Crippen LogP contribution in [-0.2, 0) is 9.47 Å². The fourth-order valence-corrected chi connectivity index (χ4v) is 4.59. The van der Waals surface area contributed by atoms with E-state index in [1.807, 2.05) is 0 Å². The molecule has 0 radical (unpaired) electrons. The first-order chi connectivity index (χ1) is 9.85. The molecule has 1 N–H and O–H groups in total. The Hall–Kier alpha value is -0.120. The first-order valence-corrected chi connectivity index (χ1v) is 8.82. The van der Waals surface area contributed by atoms with E-state index in [9.17, 15) is 0 Å². The van der Waals surface area contributed by atoms with Crippen molar-refractivity contribution in [2.45, 2.75) is 83.0 Å². The van der Waals surface area contributed by atoms with Crippen molar-refractivity contribution in [2.75, 3.05) is 19.8 Å². The van der Waals surface area contributed by atoms with E-state index in [1.165, 1.54) is 57.8 Å². The topological polar surface area (TPSA) is 30.5 Å². The van der Waals surface area contributed by atoms with Crippen molar-refractivity contribution in [3.63, 3.8) is 0 Å². The van der Waals surface area contributed by atoms with Gasteiger partial charge in [-0.15, -0.1) is 0 Å². The van der Waals surface area contributed by atoms with Crippen LogP contribution in [0.15, 0.2) is 0 Å². The van der Waals surface area contributed by atoms with Crippen molar-refractivity contribution >= 4 is 0 Å².